The number of imide groups is 1. The summed E-state index contributed by atoms with van der Waals surface area (Å²) in [5.74, 6) is -0.590. The molecule has 90 valence electrons. The molecule has 0 unspecified atom stereocenters. The van der Waals surface area contributed by atoms with E-state index in [1.54, 1.807) is 36.9 Å². The molecule has 5 nitrogen and oxygen atoms in total. The number of nitrogens with one attached hydrogen (secondary N) is 1. The number of carbonyl (C=O) groups excluding carboxylic acids is 2. The lowest BCUT2D eigenvalue weighted by molar-refractivity contribution is -0.135. The number of carbonyl (C=O) groups is 2. The second-order valence-electron chi connectivity index (χ2n) is 4.62. The smallest absolute Gasteiger partial charge is 0.251 e. The van der Waals surface area contributed by atoms with Gasteiger partial charge in [0.25, 0.3) is 5.91 Å². The minimum absolute atomic E-state index is 0.155. The molecule has 1 heterocycles. The number of nitrogen functional groups attached to an aromatic ring is 1. The van der Waals surface area contributed by atoms with Gasteiger partial charge in [0.2, 0.25) is 5.91 Å². The van der Waals surface area contributed by atoms with Crippen LogP contribution >= 0.6 is 0 Å². The van der Waals surface area contributed by atoms with Gasteiger partial charge in [0, 0.05) is 11.4 Å². The van der Waals surface area contributed by atoms with Gasteiger partial charge in [0.05, 0.1) is 6.54 Å². The van der Waals surface area contributed by atoms with Crippen molar-refractivity contribution in [1.29, 1.82) is 0 Å². The molecule has 5 heteroatoms. The van der Waals surface area contributed by atoms with Crippen LogP contribution < -0.4 is 16.0 Å². The van der Waals surface area contributed by atoms with E-state index in [4.69, 9.17) is 5.73 Å². The third kappa shape index (κ3) is 1.95. The summed E-state index contributed by atoms with van der Waals surface area (Å²) in [5, 5.41) is 2.33. The number of hydrogen-bond acceptors (Lipinski definition) is 4. The van der Waals surface area contributed by atoms with Crippen molar-refractivity contribution in [1.82, 2.24) is 5.32 Å². The maximum Gasteiger partial charge on any atom is 0.251 e. The third-order valence-corrected chi connectivity index (χ3v) is 2.97. The third-order valence-electron chi connectivity index (χ3n) is 2.97. The van der Waals surface area contributed by atoms with Gasteiger partial charge in [0.1, 0.15) is 5.54 Å². The molecule has 0 saturated carbocycles. The summed E-state index contributed by atoms with van der Waals surface area (Å²) < 4.78 is 0. The molecule has 0 aliphatic carbocycles. The molecule has 3 N–H and O–H groups in total. The fourth-order valence-electron chi connectivity index (χ4n) is 1.89. The maximum absolute atomic E-state index is 11.8. The van der Waals surface area contributed by atoms with Crippen LogP contribution in [0.3, 0.4) is 0 Å². The number of amides is 2. The number of anilines is 2. The van der Waals surface area contributed by atoms with Gasteiger partial charge >= 0.3 is 0 Å². The summed E-state index contributed by atoms with van der Waals surface area (Å²) in [6.07, 6.45) is 0. The standard InChI is InChI=1S/C12H15N3O2/c1-12(2)11(17)14-10(16)7-15(12)9-5-3-4-8(13)6-9/h3-6H,7,13H2,1-2H3,(H,14,16,17). The van der Waals surface area contributed by atoms with Gasteiger partial charge in [-0.1, -0.05) is 6.07 Å². The Morgan fingerprint density at radius 2 is 2.06 bits per heavy atom. The van der Waals surface area contributed by atoms with Crippen LogP contribution in [0, 0.1) is 0 Å². The Morgan fingerprint density at radius 1 is 1.35 bits per heavy atom. The highest BCUT2D eigenvalue weighted by Crippen LogP contribution is 2.27. The van der Waals surface area contributed by atoms with E-state index in [1.165, 1.54) is 0 Å². The summed E-state index contributed by atoms with van der Waals surface area (Å²) in [5.41, 5.74) is 6.33. The van der Waals surface area contributed by atoms with Crippen LogP contribution in [0.4, 0.5) is 11.4 Å². The average molecular weight is 233 g/mol. The molecule has 0 aromatic heterocycles. The van der Waals surface area contributed by atoms with Crippen LogP contribution in [-0.4, -0.2) is 23.9 Å². The molecule has 1 aromatic rings. The van der Waals surface area contributed by atoms with Crippen LogP contribution in [0.2, 0.25) is 0 Å². The van der Waals surface area contributed by atoms with Gasteiger partial charge in [-0.05, 0) is 32.0 Å². The SMILES string of the molecule is CC1(C)C(=O)NC(=O)CN1c1cccc(N)c1. The van der Waals surface area contributed by atoms with E-state index in [0.717, 1.165) is 5.69 Å². The molecule has 0 spiro atoms. The lowest BCUT2D eigenvalue weighted by Gasteiger charge is -2.41. The number of piperazine rings is 1. The van der Waals surface area contributed by atoms with E-state index in [1.807, 2.05) is 6.07 Å². The van der Waals surface area contributed by atoms with Crippen LogP contribution in [0.1, 0.15) is 13.8 Å². The molecular formula is C12H15N3O2. The fraction of sp³-hybridized carbons (Fsp3) is 0.333. The monoisotopic (exact) mass is 233 g/mol. The molecule has 1 aromatic carbocycles. The first-order valence-electron chi connectivity index (χ1n) is 5.39. The first kappa shape index (κ1) is 11.4. The van der Waals surface area contributed by atoms with Gasteiger partial charge in [-0.2, -0.15) is 0 Å². The first-order valence-corrected chi connectivity index (χ1v) is 5.39. The largest absolute Gasteiger partial charge is 0.399 e. The van der Waals surface area contributed by atoms with Crippen molar-refractivity contribution in [3.63, 3.8) is 0 Å². The molecule has 0 bridgehead atoms. The Balaban J connectivity index is 2.42. The van der Waals surface area contributed by atoms with E-state index >= 15 is 0 Å². The summed E-state index contributed by atoms with van der Waals surface area (Å²) >= 11 is 0. The van der Waals surface area contributed by atoms with Crippen molar-refractivity contribution in [2.45, 2.75) is 19.4 Å². The minimum Gasteiger partial charge on any atom is -0.399 e. The predicted molar refractivity (Wildman–Crippen MR) is 65.4 cm³/mol. The van der Waals surface area contributed by atoms with Crippen LogP contribution in [-0.2, 0) is 9.59 Å². The summed E-state index contributed by atoms with van der Waals surface area (Å²) in [4.78, 5) is 25.0. The van der Waals surface area contributed by atoms with E-state index < -0.39 is 5.54 Å². The fourth-order valence-corrected chi connectivity index (χ4v) is 1.89. The van der Waals surface area contributed by atoms with E-state index in [0.29, 0.717) is 5.69 Å². The minimum atomic E-state index is -0.762. The van der Waals surface area contributed by atoms with E-state index in [9.17, 15) is 9.59 Å². The molecule has 2 rings (SSSR count). The van der Waals surface area contributed by atoms with E-state index in [-0.39, 0.29) is 18.4 Å². The van der Waals surface area contributed by atoms with Gasteiger partial charge < -0.3 is 10.6 Å². The second-order valence-corrected chi connectivity index (χ2v) is 4.62. The molecule has 0 atom stereocenters. The summed E-state index contributed by atoms with van der Waals surface area (Å²) in [6.45, 7) is 3.71. The molecule has 1 aliphatic heterocycles. The summed E-state index contributed by atoms with van der Waals surface area (Å²) in [7, 11) is 0. The number of benzene rings is 1. The normalized spacial score (nSPS) is 19.1. The first-order chi connectivity index (χ1) is 7.91. The Morgan fingerprint density at radius 3 is 2.71 bits per heavy atom. The van der Waals surface area contributed by atoms with Gasteiger partial charge in [-0.25, -0.2) is 0 Å². The Bertz CT molecular complexity index is 482. The lowest BCUT2D eigenvalue weighted by atomic mass is 9.97. The summed E-state index contributed by atoms with van der Waals surface area (Å²) in [6, 6.07) is 7.16. The number of rotatable bonds is 1. The highest BCUT2D eigenvalue weighted by Gasteiger charge is 2.40. The van der Waals surface area contributed by atoms with Crippen LogP contribution in [0.25, 0.3) is 0 Å². The van der Waals surface area contributed by atoms with Gasteiger partial charge in [-0.3, -0.25) is 14.9 Å². The van der Waals surface area contributed by atoms with Crippen LogP contribution in [0.5, 0.6) is 0 Å². The highest BCUT2D eigenvalue weighted by molar-refractivity contribution is 6.06. The Hall–Kier alpha value is -2.04. The van der Waals surface area contributed by atoms with Crippen molar-refractivity contribution in [3.8, 4) is 0 Å². The second kappa shape index (κ2) is 3.76. The maximum atomic E-state index is 11.8. The van der Waals surface area contributed by atoms with Gasteiger partial charge in [0.15, 0.2) is 0 Å². The van der Waals surface area contributed by atoms with E-state index in [2.05, 4.69) is 5.32 Å². The number of nitrogens with zero attached hydrogens (tertiary/aromatic N) is 1. The molecule has 1 fully saturated rings. The van der Waals surface area contributed by atoms with Crippen molar-refractivity contribution in [3.05, 3.63) is 24.3 Å². The molecule has 0 radical (unpaired) electrons. The number of nitrogens with two attached hydrogens (primary N) is 1. The predicted octanol–water partition coefficient (Wildman–Crippen LogP) is 0.510. The van der Waals surface area contributed by atoms with Gasteiger partial charge in [-0.15, -0.1) is 0 Å². The van der Waals surface area contributed by atoms with Crippen molar-refractivity contribution in [2.24, 2.45) is 0 Å². The zero-order chi connectivity index (χ0) is 12.6. The van der Waals surface area contributed by atoms with Crippen LogP contribution in [0.15, 0.2) is 24.3 Å². The van der Waals surface area contributed by atoms with Crippen molar-refractivity contribution >= 4 is 23.2 Å². The van der Waals surface area contributed by atoms with Crippen molar-refractivity contribution < 1.29 is 9.59 Å². The lowest BCUT2D eigenvalue weighted by Crippen LogP contribution is -2.64. The molecule has 17 heavy (non-hydrogen) atoms. The average Bonchev–Trinajstić information content (AvgIpc) is 2.24. The molecule has 1 aliphatic rings. The topological polar surface area (TPSA) is 75.4 Å². The zero-order valence-electron chi connectivity index (χ0n) is 9.86. The molecule has 1 saturated heterocycles. The Kier molecular flexibility index (Phi) is 2.53. The zero-order valence-corrected chi connectivity index (χ0v) is 9.86. The molecular weight excluding hydrogens is 218 g/mol. The number of hydrogen-bond donors (Lipinski definition) is 2. The molecule has 2 amide bonds. The highest BCUT2D eigenvalue weighted by atomic mass is 16.2. The Labute approximate surface area is 99.6 Å². The quantitative estimate of drug-likeness (QED) is 0.547. The van der Waals surface area contributed by atoms with Crippen molar-refractivity contribution in [2.75, 3.05) is 17.2 Å².